The van der Waals surface area contributed by atoms with Crippen LogP contribution in [0.1, 0.15) is 24.1 Å². The molecule has 0 atom stereocenters. The summed E-state index contributed by atoms with van der Waals surface area (Å²) in [4.78, 5) is 29.9. The minimum atomic E-state index is -3.32. The quantitative estimate of drug-likeness (QED) is 0.788. The Morgan fingerprint density at radius 2 is 1.81 bits per heavy atom. The fourth-order valence-corrected chi connectivity index (χ4v) is 5.29. The number of aromatic amines is 2. The van der Waals surface area contributed by atoms with E-state index in [1.807, 2.05) is 24.3 Å². The highest BCUT2D eigenvalue weighted by Crippen LogP contribution is 2.47. The molecule has 4 rings (SSSR count). The fraction of sp³-hybridized carbons (Fsp3) is 0.444. The molecule has 27 heavy (non-hydrogen) atoms. The van der Waals surface area contributed by atoms with Gasteiger partial charge in [0.25, 0.3) is 5.56 Å². The van der Waals surface area contributed by atoms with Crippen LogP contribution >= 0.6 is 0 Å². The lowest BCUT2D eigenvalue weighted by Crippen LogP contribution is -2.45. The highest BCUT2D eigenvalue weighted by atomic mass is 32.2. The molecule has 0 radical (unpaired) electrons. The van der Waals surface area contributed by atoms with E-state index in [2.05, 4.69) is 14.9 Å². The second-order valence-corrected chi connectivity index (χ2v) is 9.36. The van der Waals surface area contributed by atoms with Gasteiger partial charge in [-0.3, -0.25) is 19.0 Å². The van der Waals surface area contributed by atoms with Crippen molar-refractivity contribution in [2.24, 2.45) is 0 Å². The topological polar surface area (TPSA) is 106 Å². The number of likely N-dealkylation sites (tertiary alicyclic amines) is 1. The van der Waals surface area contributed by atoms with Crippen LogP contribution in [0.3, 0.4) is 0 Å². The standard InChI is InChI=1S/C18H22N4O4S/c1-27(25,26)22-12-18(14-4-2-3-5-15(14)22)6-8-21(9-7-18)11-13-10-16(23)20-17(24)19-13/h2-5,10H,6-9,11-12H2,1H3,(H2,19,20,23,24). The monoisotopic (exact) mass is 390 g/mol. The number of para-hydroxylation sites is 1. The summed E-state index contributed by atoms with van der Waals surface area (Å²) in [5.74, 6) is 0. The number of nitrogens with one attached hydrogen (secondary N) is 2. The van der Waals surface area contributed by atoms with Gasteiger partial charge in [-0.25, -0.2) is 13.2 Å². The van der Waals surface area contributed by atoms with Gasteiger partial charge in [0.1, 0.15) is 0 Å². The number of aromatic nitrogens is 2. The first-order valence-electron chi connectivity index (χ1n) is 8.89. The van der Waals surface area contributed by atoms with Gasteiger partial charge in [0.2, 0.25) is 10.0 Å². The Bertz CT molecular complexity index is 1050. The number of H-pyrrole nitrogens is 2. The van der Waals surface area contributed by atoms with E-state index < -0.39 is 21.3 Å². The molecule has 8 nitrogen and oxygen atoms in total. The van der Waals surface area contributed by atoms with Gasteiger partial charge in [-0.05, 0) is 37.6 Å². The van der Waals surface area contributed by atoms with Crippen molar-refractivity contribution in [3.05, 3.63) is 62.4 Å². The van der Waals surface area contributed by atoms with E-state index in [0.717, 1.165) is 37.2 Å². The second kappa shape index (κ2) is 6.35. The molecule has 0 aliphatic carbocycles. The first-order chi connectivity index (χ1) is 12.8. The molecular formula is C18H22N4O4S. The lowest BCUT2D eigenvalue weighted by Gasteiger charge is -2.39. The lowest BCUT2D eigenvalue weighted by molar-refractivity contribution is 0.159. The number of anilines is 1. The minimum absolute atomic E-state index is 0.183. The maximum Gasteiger partial charge on any atom is 0.325 e. The normalized spacial score (nSPS) is 19.4. The molecule has 144 valence electrons. The van der Waals surface area contributed by atoms with Gasteiger partial charge >= 0.3 is 5.69 Å². The molecule has 0 bridgehead atoms. The van der Waals surface area contributed by atoms with Gasteiger partial charge in [0.15, 0.2) is 0 Å². The van der Waals surface area contributed by atoms with Crippen LogP contribution < -0.4 is 15.6 Å². The van der Waals surface area contributed by atoms with Gasteiger partial charge < -0.3 is 4.98 Å². The van der Waals surface area contributed by atoms with Crippen LogP contribution in [0.2, 0.25) is 0 Å². The van der Waals surface area contributed by atoms with Crippen molar-refractivity contribution in [3.8, 4) is 0 Å². The zero-order chi connectivity index (χ0) is 19.2. The molecule has 1 spiro atoms. The first kappa shape index (κ1) is 18.0. The van der Waals surface area contributed by atoms with E-state index in [1.54, 1.807) is 0 Å². The second-order valence-electron chi connectivity index (χ2n) is 7.46. The largest absolute Gasteiger partial charge is 0.325 e. The van der Waals surface area contributed by atoms with Crippen LogP contribution in [-0.4, -0.2) is 49.2 Å². The first-order valence-corrected chi connectivity index (χ1v) is 10.7. The zero-order valence-electron chi connectivity index (χ0n) is 15.1. The third-order valence-electron chi connectivity index (χ3n) is 5.61. The van der Waals surface area contributed by atoms with Gasteiger partial charge in [-0.15, -0.1) is 0 Å². The number of fused-ring (bicyclic) bond motifs is 2. The predicted molar refractivity (Wildman–Crippen MR) is 103 cm³/mol. The Labute approximate surface area is 156 Å². The summed E-state index contributed by atoms with van der Waals surface area (Å²) in [6.07, 6.45) is 2.90. The SMILES string of the molecule is CS(=O)(=O)N1CC2(CCN(Cc3cc(=O)[nH]c(=O)[nH]3)CC2)c2ccccc21. The molecular weight excluding hydrogens is 368 g/mol. The Morgan fingerprint density at radius 1 is 1.11 bits per heavy atom. The molecule has 1 fully saturated rings. The molecule has 0 saturated carbocycles. The van der Waals surface area contributed by atoms with Crippen molar-refractivity contribution in [1.29, 1.82) is 0 Å². The third-order valence-corrected chi connectivity index (χ3v) is 6.74. The van der Waals surface area contributed by atoms with Crippen LogP contribution in [0, 0.1) is 0 Å². The molecule has 1 saturated heterocycles. The van der Waals surface area contributed by atoms with E-state index in [4.69, 9.17) is 0 Å². The van der Waals surface area contributed by atoms with Gasteiger partial charge in [-0.2, -0.15) is 0 Å². The summed E-state index contributed by atoms with van der Waals surface area (Å²) in [6, 6.07) is 9.14. The zero-order valence-corrected chi connectivity index (χ0v) is 15.9. The van der Waals surface area contributed by atoms with Crippen molar-refractivity contribution < 1.29 is 8.42 Å². The van der Waals surface area contributed by atoms with E-state index in [9.17, 15) is 18.0 Å². The maximum atomic E-state index is 12.2. The van der Waals surface area contributed by atoms with Crippen LogP contribution in [0.5, 0.6) is 0 Å². The molecule has 2 aromatic rings. The average Bonchev–Trinajstić information content (AvgIpc) is 2.91. The molecule has 2 N–H and O–H groups in total. The van der Waals surface area contributed by atoms with E-state index in [0.29, 0.717) is 18.8 Å². The van der Waals surface area contributed by atoms with Gasteiger partial charge in [-0.1, -0.05) is 18.2 Å². The van der Waals surface area contributed by atoms with Crippen LogP contribution in [0.15, 0.2) is 39.9 Å². The summed E-state index contributed by atoms with van der Waals surface area (Å²) in [7, 11) is -3.32. The molecule has 3 heterocycles. The highest BCUT2D eigenvalue weighted by Gasteiger charge is 2.46. The summed E-state index contributed by atoms with van der Waals surface area (Å²) in [5, 5.41) is 0. The van der Waals surface area contributed by atoms with E-state index in [-0.39, 0.29) is 5.41 Å². The number of hydrogen-bond donors (Lipinski definition) is 2. The third kappa shape index (κ3) is 3.32. The van der Waals surface area contributed by atoms with E-state index >= 15 is 0 Å². The Kier molecular flexibility index (Phi) is 4.23. The molecule has 0 amide bonds. The molecule has 2 aliphatic rings. The molecule has 9 heteroatoms. The van der Waals surface area contributed by atoms with Crippen LogP contribution in [0.4, 0.5) is 5.69 Å². The van der Waals surface area contributed by atoms with Crippen LogP contribution in [-0.2, 0) is 22.0 Å². The average molecular weight is 390 g/mol. The lowest BCUT2D eigenvalue weighted by atomic mass is 9.74. The molecule has 1 aromatic heterocycles. The summed E-state index contributed by atoms with van der Waals surface area (Å²) in [5.41, 5.74) is 1.38. The van der Waals surface area contributed by atoms with E-state index in [1.165, 1.54) is 16.6 Å². The highest BCUT2D eigenvalue weighted by molar-refractivity contribution is 7.92. The summed E-state index contributed by atoms with van der Waals surface area (Å²) in [6.45, 7) is 2.50. The smallest absolute Gasteiger partial charge is 0.310 e. The predicted octanol–water partition coefficient (Wildman–Crippen LogP) is 0.377. The Hall–Kier alpha value is -2.39. The fourth-order valence-electron chi connectivity index (χ4n) is 4.29. The number of hydrogen-bond acceptors (Lipinski definition) is 5. The van der Waals surface area contributed by atoms with Crippen molar-refractivity contribution in [1.82, 2.24) is 14.9 Å². The maximum absolute atomic E-state index is 12.2. The minimum Gasteiger partial charge on any atom is -0.310 e. The Balaban J connectivity index is 1.55. The number of benzene rings is 1. The van der Waals surface area contributed by atoms with Crippen molar-refractivity contribution >= 4 is 15.7 Å². The van der Waals surface area contributed by atoms with Gasteiger partial charge in [0.05, 0.1) is 11.9 Å². The molecule has 0 unspecified atom stereocenters. The number of piperidine rings is 1. The summed E-state index contributed by atoms with van der Waals surface area (Å²) < 4.78 is 26.0. The molecule has 1 aromatic carbocycles. The van der Waals surface area contributed by atoms with Gasteiger partial charge in [0, 0.05) is 30.3 Å². The number of sulfonamides is 1. The number of nitrogens with zero attached hydrogens (tertiary/aromatic N) is 2. The summed E-state index contributed by atoms with van der Waals surface area (Å²) >= 11 is 0. The van der Waals surface area contributed by atoms with Crippen molar-refractivity contribution in [2.75, 3.05) is 30.2 Å². The molecule has 2 aliphatic heterocycles. The van der Waals surface area contributed by atoms with Crippen molar-refractivity contribution in [2.45, 2.75) is 24.8 Å². The van der Waals surface area contributed by atoms with Crippen molar-refractivity contribution in [3.63, 3.8) is 0 Å². The Morgan fingerprint density at radius 3 is 2.48 bits per heavy atom. The van der Waals surface area contributed by atoms with Crippen LogP contribution in [0.25, 0.3) is 0 Å². The number of rotatable bonds is 3.